The number of aromatic hydroxyl groups is 1. The monoisotopic (exact) mass is 483 g/mol. The van der Waals surface area contributed by atoms with Gasteiger partial charge in [0.25, 0.3) is 0 Å². The van der Waals surface area contributed by atoms with Gasteiger partial charge in [-0.15, -0.1) is 0 Å². The average molecular weight is 484 g/mol. The maximum Gasteiger partial charge on any atom is 0.211 e. The quantitative estimate of drug-likeness (QED) is 0.449. The van der Waals surface area contributed by atoms with Crippen molar-refractivity contribution in [3.63, 3.8) is 0 Å². The van der Waals surface area contributed by atoms with E-state index in [0.29, 0.717) is 11.8 Å². The van der Waals surface area contributed by atoms with Crippen LogP contribution in [0.4, 0.5) is 5.95 Å². The molecule has 1 aliphatic carbocycles. The fourth-order valence-electron chi connectivity index (χ4n) is 5.66. The molecule has 0 saturated carbocycles. The number of rotatable bonds is 6. The molecule has 1 saturated heterocycles. The van der Waals surface area contributed by atoms with E-state index in [4.69, 9.17) is 15.0 Å². The zero-order valence-corrected chi connectivity index (χ0v) is 20.8. The van der Waals surface area contributed by atoms with Crippen LogP contribution in [0.15, 0.2) is 61.1 Å². The van der Waals surface area contributed by atoms with E-state index in [9.17, 15) is 5.11 Å². The van der Waals surface area contributed by atoms with Crippen LogP contribution in [0.5, 0.6) is 5.75 Å². The van der Waals surface area contributed by atoms with Crippen molar-refractivity contribution in [1.29, 1.82) is 0 Å². The lowest BCUT2D eigenvalue weighted by molar-refractivity contribution is 0.206. The molecule has 0 radical (unpaired) electrons. The maximum atomic E-state index is 9.76. The average Bonchev–Trinajstić information content (AvgIpc) is 3.31. The summed E-state index contributed by atoms with van der Waals surface area (Å²) in [4.78, 5) is 21.6. The predicted molar refractivity (Wildman–Crippen MR) is 140 cm³/mol. The molecule has 36 heavy (non-hydrogen) atoms. The number of pyridine rings is 1. The first-order valence-electron chi connectivity index (χ1n) is 12.9. The SMILES string of the molecule is CN(Cc1cn2c(N3CCN(Cc4cccc(O)c4)CC3)nccc2n1)C1CCCc2cccnc21. The van der Waals surface area contributed by atoms with E-state index in [-0.39, 0.29) is 0 Å². The van der Waals surface area contributed by atoms with Crippen molar-refractivity contribution in [2.75, 3.05) is 38.1 Å². The third-order valence-electron chi connectivity index (χ3n) is 7.49. The minimum absolute atomic E-state index is 0.326. The highest BCUT2D eigenvalue weighted by Gasteiger charge is 2.26. The minimum Gasteiger partial charge on any atom is -0.508 e. The first kappa shape index (κ1) is 22.9. The van der Waals surface area contributed by atoms with Crippen LogP contribution in [0.1, 0.15) is 41.4 Å². The minimum atomic E-state index is 0.326. The number of hydrogen-bond acceptors (Lipinski definition) is 7. The van der Waals surface area contributed by atoms with E-state index < -0.39 is 0 Å². The van der Waals surface area contributed by atoms with Gasteiger partial charge in [0.2, 0.25) is 5.95 Å². The number of aromatic nitrogens is 4. The summed E-state index contributed by atoms with van der Waals surface area (Å²) < 4.78 is 2.14. The van der Waals surface area contributed by atoms with E-state index in [1.54, 1.807) is 6.07 Å². The van der Waals surface area contributed by atoms with Crippen LogP contribution in [0, 0.1) is 0 Å². The Hall–Kier alpha value is -3.49. The van der Waals surface area contributed by atoms with Crippen LogP contribution in [0.3, 0.4) is 0 Å². The van der Waals surface area contributed by atoms with Crippen molar-refractivity contribution in [2.24, 2.45) is 0 Å². The summed E-state index contributed by atoms with van der Waals surface area (Å²) >= 11 is 0. The standard InChI is InChI=1S/C28H33N7O/c1-32(25-9-3-6-22-7-4-11-29-27(22)25)19-23-20-35-26(31-23)10-12-30-28(35)34-15-13-33(14-16-34)18-21-5-2-8-24(36)17-21/h2,4-5,7-8,10-12,17,20,25,36H,3,6,9,13-16,18-19H2,1H3. The number of phenols is 1. The molecular weight excluding hydrogens is 450 g/mol. The molecule has 4 heterocycles. The van der Waals surface area contributed by atoms with Gasteiger partial charge in [0.15, 0.2) is 0 Å². The third-order valence-corrected chi connectivity index (χ3v) is 7.49. The van der Waals surface area contributed by atoms with Crippen LogP contribution in [0.25, 0.3) is 5.65 Å². The Kier molecular flexibility index (Phi) is 6.29. The highest BCUT2D eigenvalue weighted by atomic mass is 16.3. The first-order valence-corrected chi connectivity index (χ1v) is 12.9. The molecule has 1 N–H and O–H groups in total. The number of piperazine rings is 1. The Bertz CT molecular complexity index is 1340. The lowest BCUT2D eigenvalue weighted by Crippen LogP contribution is -2.46. The molecule has 1 aliphatic heterocycles. The van der Waals surface area contributed by atoms with Crippen LogP contribution in [-0.4, -0.2) is 67.5 Å². The van der Waals surface area contributed by atoms with Gasteiger partial charge in [0.05, 0.1) is 17.4 Å². The number of anilines is 1. The molecule has 1 aromatic carbocycles. The fraction of sp³-hybridized carbons (Fsp3) is 0.393. The third kappa shape index (κ3) is 4.66. The van der Waals surface area contributed by atoms with Gasteiger partial charge in [-0.25, -0.2) is 9.97 Å². The molecule has 0 amide bonds. The van der Waals surface area contributed by atoms with Gasteiger partial charge in [0.1, 0.15) is 11.4 Å². The van der Waals surface area contributed by atoms with Crippen molar-refractivity contribution in [1.82, 2.24) is 29.2 Å². The molecule has 0 spiro atoms. The summed E-state index contributed by atoms with van der Waals surface area (Å²) in [5, 5.41) is 9.76. The normalized spacial score (nSPS) is 18.6. The predicted octanol–water partition coefficient (Wildman–Crippen LogP) is 3.66. The van der Waals surface area contributed by atoms with Gasteiger partial charge >= 0.3 is 0 Å². The molecule has 186 valence electrons. The van der Waals surface area contributed by atoms with Crippen molar-refractivity contribution >= 4 is 11.6 Å². The summed E-state index contributed by atoms with van der Waals surface area (Å²) in [6.45, 7) is 5.34. The highest BCUT2D eigenvalue weighted by Crippen LogP contribution is 2.32. The second-order valence-corrected chi connectivity index (χ2v) is 10.0. The number of benzene rings is 1. The number of imidazole rings is 1. The Balaban J connectivity index is 1.15. The molecule has 4 aromatic rings. The highest BCUT2D eigenvalue weighted by molar-refractivity contribution is 5.48. The molecule has 6 rings (SSSR count). The topological polar surface area (TPSA) is 73.0 Å². The Morgan fingerprint density at radius 3 is 2.78 bits per heavy atom. The van der Waals surface area contributed by atoms with E-state index in [1.807, 2.05) is 36.7 Å². The second kappa shape index (κ2) is 9.87. The second-order valence-electron chi connectivity index (χ2n) is 10.0. The first-order chi connectivity index (χ1) is 17.6. The van der Waals surface area contributed by atoms with Crippen LogP contribution < -0.4 is 4.90 Å². The molecule has 1 unspecified atom stereocenters. The number of nitrogens with zero attached hydrogens (tertiary/aromatic N) is 7. The maximum absolute atomic E-state index is 9.76. The number of phenolic OH excluding ortho intramolecular Hbond substituents is 1. The van der Waals surface area contributed by atoms with Crippen molar-refractivity contribution in [3.8, 4) is 5.75 Å². The zero-order valence-electron chi connectivity index (χ0n) is 20.8. The molecule has 1 atom stereocenters. The van der Waals surface area contributed by atoms with Crippen molar-refractivity contribution in [3.05, 3.63) is 83.6 Å². The molecule has 0 bridgehead atoms. The summed E-state index contributed by atoms with van der Waals surface area (Å²) in [6, 6.07) is 14.1. The van der Waals surface area contributed by atoms with Crippen LogP contribution in [-0.2, 0) is 19.5 Å². The summed E-state index contributed by atoms with van der Waals surface area (Å²) in [7, 11) is 2.18. The van der Waals surface area contributed by atoms with E-state index in [1.165, 1.54) is 17.7 Å². The fourth-order valence-corrected chi connectivity index (χ4v) is 5.66. The Morgan fingerprint density at radius 1 is 1.03 bits per heavy atom. The summed E-state index contributed by atoms with van der Waals surface area (Å²) in [5.74, 6) is 1.28. The molecule has 2 aliphatic rings. The number of fused-ring (bicyclic) bond motifs is 2. The number of hydrogen-bond donors (Lipinski definition) is 1. The Labute approximate surface area is 211 Å². The summed E-state index contributed by atoms with van der Waals surface area (Å²) in [5.41, 5.74) is 5.74. The van der Waals surface area contributed by atoms with Crippen LogP contribution >= 0.6 is 0 Å². The van der Waals surface area contributed by atoms with Gasteiger partial charge < -0.3 is 10.0 Å². The zero-order chi connectivity index (χ0) is 24.5. The van der Waals surface area contributed by atoms with Gasteiger partial charge in [0, 0.05) is 57.9 Å². The molecule has 3 aromatic heterocycles. The lowest BCUT2D eigenvalue weighted by atomic mass is 9.91. The van der Waals surface area contributed by atoms with E-state index in [2.05, 4.69) is 44.5 Å². The van der Waals surface area contributed by atoms with E-state index in [0.717, 1.165) is 75.0 Å². The smallest absolute Gasteiger partial charge is 0.211 e. The number of aryl methyl sites for hydroxylation is 1. The van der Waals surface area contributed by atoms with Gasteiger partial charge in [-0.1, -0.05) is 18.2 Å². The van der Waals surface area contributed by atoms with Gasteiger partial charge in [-0.2, -0.15) is 0 Å². The molecule has 8 heteroatoms. The van der Waals surface area contributed by atoms with E-state index >= 15 is 0 Å². The molecule has 8 nitrogen and oxygen atoms in total. The van der Waals surface area contributed by atoms with Gasteiger partial charge in [-0.3, -0.25) is 19.2 Å². The Morgan fingerprint density at radius 2 is 1.92 bits per heavy atom. The lowest BCUT2D eigenvalue weighted by Gasteiger charge is -2.35. The molecule has 1 fully saturated rings. The van der Waals surface area contributed by atoms with Crippen LogP contribution in [0.2, 0.25) is 0 Å². The summed E-state index contributed by atoms with van der Waals surface area (Å²) in [6.07, 6.45) is 9.38. The largest absolute Gasteiger partial charge is 0.508 e. The van der Waals surface area contributed by atoms with Crippen molar-refractivity contribution < 1.29 is 5.11 Å². The van der Waals surface area contributed by atoms with Gasteiger partial charge in [-0.05, 0) is 61.7 Å². The molecular formula is C28H33N7O. The van der Waals surface area contributed by atoms with Crippen molar-refractivity contribution in [2.45, 2.75) is 38.4 Å².